The lowest BCUT2D eigenvalue weighted by atomic mass is 10.2. The normalized spacial score (nSPS) is 15.6. The second-order valence-electron chi connectivity index (χ2n) is 6.00. The zero-order valence-electron chi connectivity index (χ0n) is 15.0. The van der Waals surface area contributed by atoms with Crippen molar-refractivity contribution in [1.82, 2.24) is 0 Å². The number of unbranched alkanes of at least 4 members (excludes halogenated alkanes) is 1. The fourth-order valence-electron chi connectivity index (χ4n) is 2.44. The van der Waals surface area contributed by atoms with Crippen LogP contribution in [-0.2, 0) is 9.53 Å². The molecule has 3 rings (SSSR count). The van der Waals surface area contributed by atoms with E-state index in [1.54, 1.807) is 6.08 Å². The van der Waals surface area contributed by atoms with E-state index in [-0.39, 0.29) is 11.6 Å². The van der Waals surface area contributed by atoms with Crippen molar-refractivity contribution in [3.63, 3.8) is 0 Å². The summed E-state index contributed by atoms with van der Waals surface area (Å²) in [6.07, 6.45) is 5.36. The molecule has 0 fully saturated rings. The number of nitrogens with zero attached hydrogens (tertiary/aromatic N) is 1. The molecule has 0 amide bonds. The van der Waals surface area contributed by atoms with Gasteiger partial charge in [0, 0.05) is 10.6 Å². The van der Waals surface area contributed by atoms with Crippen molar-refractivity contribution in [3.8, 4) is 5.75 Å². The SMILES string of the molecule is CCCCOc1ccc(C2=N/C(=C\C(Cl)=C\c3ccccc3)C(=O)O2)cc1. The molecule has 0 radical (unpaired) electrons. The summed E-state index contributed by atoms with van der Waals surface area (Å²) in [6.45, 7) is 2.80. The van der Waals surface area contributed by atoms with Crippen molar-refractivity contribution >= 4 is 29.5 Å². The number of benzene rings is 2. The average Bonchev–Trinajstić information content (AvgIpc) is 3.03. The molecular formula is C22H20ClNO3. The van der Waals surface area contributed by atoms with Crippen LogP contribution in [0.3, 0.4) is 0 Å². The molecule has 0 saturated heterocycles. The molecule has 0 bridgehead atoms. The molecule has 0 spiro atoms. The molecule has 2 aromatic carbocycles. The minimum absolute atomic E-state index is 0.172. The Hall–Kier alpha value is -2.85. The number of aliphatic imine (C=N–C) groups is 1. The van der Waals surface area contributed by atoms with Gasteiger partial charge in [-0.2, -0.15) is 0 Å². The van der Waals surface area contributed by atoms with Gasteiger partial charge in [-0.3, -0.25) is 0 Å². The van der Waals surface area contributed by atoms with E-state index in [4.69, 9.17) is 21.1 Å². The number of ether oxygens (including phenoxy) is 2. The van der Waals surface area contributed by atoms with Crippen LogP contribution in [0.25, 0.3) is 6.08 Å². The number of allylic oxidation sites excluding steroid dienone is 2. The van der Waals surface area contributed by atoms with Gasteiger partial charge in [0.15, 0.2) is 5.70 Å². The number of hydrogen-bond acceptors (Lipinski definition) is 4. The zero-order valence-corrected chi connectivity index (χ0v) is 15.8. The van der Waals surface area contributed by atoms with Crippen LogP contribution in [0.2, 0.25) is 0 Å². The van der Waals surface area contributed by atoms with E-state index < -0.39 is 5.97 Å². The summed E-state index contributed by atoms with van der Waals surface area (Å²) >= 11 is 6.23. The van der Waals surface area contributed by atoms with Crippen LogP contribution in [0.1, 0.15) is 30.9 Å². The first-order valence-electron chi connectivity index (χ1n) is 8.84. The predicted molar refractivity (Wildman–Crippen MR) is 108 cm³/mol. The van der Waals surface area contributed by atoms with Gasteiger partial charge in [-0.15, -0.1) is 0 Å². The fraction of sp³-hybridized carbons (Fsp3) is 0.182. The van der Waals surface area contributed by atoms with Gasteiger partial charge in [0.1, 0.15) is 5.75 Å². The first kappa shape index (κ1) is 18.9. The average molecular weight is 382 g/mol. The Morgan fingerprint density at radius 3 is 2.59 bits per heavy atom. The molecule has 138 valence electrons. The van der Waals surface area contributed by atoms with Crippen LogP contribution < -0.4 is 4.74 Å². The summed E-state index contributed by atoms with van der Waals surface area (Å²) in [5.74, 6) is 0.519. The summed E-state index contributed by atoms with van der Waals surface area (Å²) in [5.41, 5.74) is 1.82. The fourth-order valence-corrected chi connectivity index (χ4v) is 2.67. The molecular weight excluding hydrogens is 362 g/mol. The van der Waals surface area contributed by atoms with E-state index in [1.807, 2.05) is 54.6 Å². The maximum absolute atomic E-state index is 12.1. The van der Waals surface area contributed by atoms with Crippen molar-refractivity contribution in [3.05, 3.63) is 82.5 Å². The van der Waals surface area contributed by atoms with Crippen molar-refractivity contribution in [2.75, 3.05) is 6.61 Å². The molecule has 27 heavy (non-hydrogen) atoms. The number of carbonyl (C=O) groups is 1. The lowest BCUT2D eigenvalue weighted by molar-refractivity contribution is -0.130. The maximum atomic E-state index is 12.1. The summed E-state index contributed by atoms with van der Waals surface area (Å²) in [6, 6.07) is 16.9. The molecule has 0 unspecified atom stereocenters. The summed E-state index contributed by atoms with van der Waals surface area (Å²) < 4.78 is 10.9. The Morgan fingerprint density at radius 2 is 1.89 bits per heavy atom. The number of cyclic esters (lactones) is 1. The third kappa shape index (κ3) is 5.31. The Balaban J connectivity index is 1.73. The molecule has 2 aromatic rings. The molecule has 0 atom stereocenters. The van der Waals surface area contributed by atoms with Crippen molar-refractivity contribution < 1.29 is 14.3 Å². The Kier molecular flexibility index (Phi) is 6.44. The smallest absolute Gasteiger partial charge is 0.363 e. The second-order valence-corrected chi connectivity index (χ2v) is 6.44. The molecule has 5 heteroatoms. The minimum atomic E-state index is -0.520. The molecule has 0 aliphatic carbocycles. The molecule has 1 aliphatic heterocycles. The number of carbonyl (C=O) groups excluding carboxylic acids is 1. The highest BCUT2D eigenvalue weighted by Gasteiger charge is 2.24. The van der Waals surface area contributed by atoms with E-state index in [2.05, 4.69) is 11.9 Å². The highest BCUT2D eigenvalue weighted by Crippen LogP contribution is 2.22. The third-order valence-corrected chi connectivity index (χ3v) is 4.09. The van der Waals surface area contributed by atoms with Gasteiger partial charge >= 0.3 is 5.97 Å². The number of hydrogen-bond donors (Lipinski definition) is 0. The highest BCUT2D eigenvalue weighted by atomic mass is 35.5. The van der Waals surface area contributed by atoms with Crippen LogP contribution in [0.5, 0.6) is 5.75 Å². The Labute approximate surface area is 163 Å². The van der Waals surface area contributed by atoms with Crippen LogP contribution in [0, 0.1) is 0 Å². The quantitative estimate of drug-likeness (QED) is 0.370. The number of esters is 1. The van der Waals surface area contributed by atoms with Crippen LogP contribution in [0.4, 0.5) is 0 Å². The van der Waals surface area contributed by atoms with Crippen molar-refractivity contribution in [1.29, 1.82) is 0 Å². The zero-order chi connectivity index (χ0) is 19.1. The van der Waals surface area contributed by atoms with Crippen molar-refractivity contribution in [2.24, 2.45) is 4.99 Å². The summed E-state index contributed by atoms with van der Waals surface area (Å²) in [7, 11) is 0. The second kappa shape index (κ2) is 9.19. The van der Waals surface area contributed by atoms with E-state index >= 15 is 0 Å². The Morgan fingerprint density at radius 1 is 1.15 bits per heavy atom. The largest absolute Gasteiger partial charge is 0.494 e. The standard InChI is InChI=1S/C22H20ClNO3/c1-2-3-13-26-19-11-9-17(10-12-19)21-24-20(22(25)27-21)15-18(23)14-16-7-5-4-6-8-16/h4-12,14-15H,2-3,13H2,1H3/b18-14-,20-15-. The summed E-state index contributed by atoms with van der Waals surface area (Å²) in [4.78, 5) is 16.3. The molecule has 0 saturated carbocycles. The topological polar surface area (TPSA) is 47.9 Å². The van der Waals surface area contributed by atoms with Gasteiger partial charge in [-0.1, -0.05) is 55.3 Å². The lowest BCUT2D eigenvalue weighted by Crippen LogP contribution is -2.05. The van der Waals surface area contributed by atoms with Gasteiger partial charge in [0.05, 0.1) is 6.61 Å². The molecule has 1 heterocycles. The Bertz CT molecular complexity index is 884. The van der Waals surface area contributed by atoms with Gasteiger partial charge in [-0.05, 0) is 48.4 Å². The van der Waals surface area contributed by atoms with Crippen molar-refractivity contribution in [2.45, 2.75) is 19.8 Å². The first-order valence-corrected chi connectivity index (χ1v) is 9.21. The first-order chi connectivity index (χ1) is 13.2. The molecule has 1 aliphatic rings. The van der Waals surface area contributed by atoms with Gasteiger partial charge in [0.25, 0.3) is 0 Å². The number of rotatable bonds is 7. The van der Waals surface area contributed by atoms with Crippen LogP contribution in [0.15, 0.2) is 76.4 Å². The van der Waals surface area contributed by atoms with E-state index in [1.165, 1.54) is 6.08 Å². The van der Waals surface area contributed by atoms with Crippen LogP contribution in [-0.4, -0.2) is 18.5 Å². The number of halogens is 1. The summed E-state index contributed by atoms with van der Waals surface area (Å²) in [5, 5.41) is 0.401. The van der Waals surface area contributed by atoms with Gasteiger partial charge in [0.2, 0.25) is 5.90 Å². The predicted octanol–water partition coefficient (Wildman–Crippen LogP) is 5.33. The van der Waals surface area contributed by atoms with Crippen LogP contribution >= 0.6 is 11.6 Å². The van der Waals surface area contributed by atoms with E-state index in [0.29, 0.717) is 17.2 Å². The maximum Gasteiger partial charge on any atom is 0.363 e. The van der Waals surface area contributed by atoms with E-state index in [9.17, 15) is 4.79 Å². The van der Waals surface area contributed by atoms with Gasteiger partial charge in [-0.25, -0.2) is 9.79 Å². The molecule has 0 aromatic heterocycles. The van der Waals surface area contributed by atoms with E-state index in [0.717, 1.165) is 24.2 Å². The highest BCUT2D eigenvalue weighted by molar-refractivity contribution is 6.33. The third-order valence-electron chi connectivity index (χ3n) is 3.87. The molecule has 0 N–H and O–H groups in total. The monoisotopic (exact) mass is 381 g/mol. The lowest BCUT2D eigenvalue weighted by Gasteiger charge is -2.05. The minimum Gasteiger partial charge on any atom is -0.494 e. The molecule has 4 nitrogen and oxygen atoms in total. The van der Waals surface area contributed by atoms with Gasteiger partial charge < -0.3 is 9.47 Å².